The second-order valence-electron chi connectivity index (χ2n) is 6.44. The third kappa shape index (κ3) is 3.46. The SMILES string of the molecule is O=C(NC1CC2CCC1N2)c1ccc(Sc2ccc(Cl)cc2)cc1. The van der Waals surface area contributed by atoms with Crippen molar-refractivity contribution in [2.75, 3.05) is 0 Å². The van der Waals surface area contributed by atoms with Gasteiger partial charge in [0, 0.05) is 38.5 Å². The monoisotopic (exact) mass is 358 g/mol. The first-order valence-electron chi connectivity index (χ1n) is 8.28. The summed E-state index contributed by atoms with van der Waals surface area (Å²) in [7, 11) is 0. The molecule has 2 heterocycles. The molecule has 124 valence electrons. The first-order valence-corrected chi connectivity index (χ1v) is 9.47. The van der Waals surface area contributed by atoms with E-state index in [9.17, 15) is 4.79 Å². The summed E-state index contributed by atoms with van der Waals surface area (Å²) in [6.45, 7) is 0. The molecule has 2 aromatic carbocycles. The van der Waals surface area contributed by atoms with Gasteiger partial charge < -0.3 is 10.6 Å². The fourth-order valence-electron chi connectivity index (χ4n) is 3.55. The minimum atomic E-state index is 0.0254. The zero-order valence-electron chi connectivity index (χ0n) is 13.2. The van der Waals surface area contributed by atoms with Crippen molar-refractivity contribution in [3.63, 3.8) is 0 Å². The molecule has 3 nitrogen and oxygen atoms in total. The average Bonchev–Trinajstić information content (AvgIpc) is 3.20. The second-order valence-corrected chi connectivity index (χ2v) is 8.03. The van der Waals surface area contributed by atoms with Crippen molar-refractivity contribution in [3.05, 3.63) is 59.1 Å². The topological polar surface area (TPSA) is 41.1 Å². The van der Waals surface area contributed by atoms with Gasteiger partial charge in [0.15, 0.2) is 0 Å². The zero-order valence-corrected chi connectivity index (χ0v) is 14.7. The summed E-state index contributed by atoms with van der Waals surface area (Å²) >= 11 is 7.56. The van der Waals surface area contributed by atoms with Crippen molar-refractivity contribution in [3.8, 4) is 0 Å². The molecule has 3 unspecified atom stereocenters. The number of fused-ring (bicyclic) bond motifs is 2. The molecule has 2 saturated heterocycles. The van der Waals surface area contributed by atoms with Gasteiger partial charge in [-0.15, -0.1) is 0 Å². The van der Waals surface area contributed by atoms with Crippen molar-refractivity contribution in [1.29, 1.82) is 0 Å². The quantitative estimate of drug-likeness (QED) is 0.864. The van der Waals surface area contributed by atoms with Crippen LogP contribution in [0.3, 0.4) is 0 Å². The van der Waals surface area contributed by atoms with Gasteiger partial charge in [0.25, 0.3) is 5.91 Å². The molecule has 5 heteroatoms. The van der Waals surface area contributed by atoms with E-state index in [1.807, 2.05) is 48.5 Å². The summed E-state index contributed by atoms with van der Waals surface area (Å²) in [5, 5.41) is 7.46. The molecule has 0 saturated carbocycles. The molecule has 3 atom stereocenters. The highest BCUT2D eigenvalue weighted by molar-refractivity contribution is 7.99. The highest BCUT2D eigenvalue weighted by Crippen LogP contribution is 2.30. The number of amides is 1. The van der Waals surface area contributed by atoms with Crippen LogP contribution in [0.4, 0.5) is 0 Å². The zero-order chi connectivity index (χ0) is 16.5. The minimum Gasteiger partial charge on any atom is -0.348 e. The maximum absolute atomic E-state index is 12.4. The normalized spacial score (nSPS) is 25.0. The Morgan fingerprint density at radius 1 is 1.04 bits per heavy atom. The van der Waals surface area contributed by atoms with Crippen molar-refractivity contribution < 1.29 is 4.79 Å². The van der Waals surface area contributed by atoms with Gasteiger partial charge in [0.05, 0.1) is 0 Å². The Bertz CT molecular complexity index is 732. The summed E-state index contributed by atoms with van der Waals surface area (Å²) in [6, 6.07) is 16.9. The molecule has 2 aliphatic heterocycles. The largest absolute Gasteiger partial charge is 0.348 e. The van der Waals surface area contributed by atoms with Crippen LogP contribution < -0.4 is 10.6 Å². The maximum atomic E-state index is 12.4. The van der Waals surface area contributed by atoms with Crippen LogP contribution in [-0.2, 0) is 0 Å². The fourth-order valence-corrected chi connectivity index (χ4v) is 4.49. The van der Waals surface area contributed by atoms with E-state index in [2.05, 4.69) is 10.6 Å². The second kappa shape index (κ2) is 6.79. The highest BCUT2D eigenvalue weighted by atomic mass is 35.5. The molecular weight excluding hydrogens is 340 g/mol. The predicted molar refractivity (Wildman–Crippen MR) is 97.8 cm³/mol. The summed E-state index contributed by atoms with van der Waals surface area (Å²) in [4.78, 5) is 14.7. The lowest BCUT2D eigenvalue weighted by Gasteiger charge is -2.21. The Labute approximate surface area is 151 Å². The number of carbonyl (C=O) groups excluding carboxylic acids is 1. The van der Waals surface area contributed by atoms with Crippen LogP contribution >= 0.6 is 23.4 Å². The minimum absolute atomic E-state index is 0.0254. The van der Waals surface area contributed by atoms with E-state index < -0.39 is 0 Å². The number of hydrogen-bond acceptors (Lipinski definition) is 3. The maximum Gasteiger partial charge on any atom is 0.251 e. The molecule has 2 fully saturated rings. The summed E-state index contributed by atoms with van der Waals surface area (Å²) in [6.07, 6.45) is 3.47. The first kappa shape index (κ1) is 16.0. The summed E-state index contributed by atoms with van der Waals surface area (Å²) in [5.41, 5.74) is 0.721. The summed E-state index contributed by atoms with van der Waals surface area (Å²) < 4.78 is 0. The van der Waals surface area contributed by atoms with Crippen LogP contribution in [0.1, 0.15) is 29.6 Å². The van der Waals surface area contributed by atoms with Crippen LogP contribution in [0.2, 0.25) is 5.02 Å². The van der Waals surface area contributed by atoms with E-state index in [-0.39, 0.29) is 11.9 Å². The number of benzene rings is 2. The Morgan fingerprint density at radius 2 is 1.71 bits per heavy atom. The van der Waals surface area contributed by atoms with Gasteiger partial charge >= 0.3 is 0 Å². The third-order valence-electron chi connectivity index (χ3n) is 4.78. The van der Waals surface area contributed by atoms with Gasteiger partial charge in [0.2, 0.25) is 0 Å². The number of nitrogens with one attached hydrogen (secondary N) is 2. The number of carbonyl (C=O) groups is 1. The van der Waals surface area contributed by atoms with Crippen molar-refractivity contribution >= 4 is 29.3 Å². The van der Waals surface area contributed by atoms with E-state index in [4.69, 9.17) is 11.6 Å². The van der Waals surface area contributed by atoms with Gasteiger partial charge in [-0.25, -0.2) is 0 Å². The van der Waals surface area contributed by atoms with E-state index in [0.717, 1.165) is 26.8 Å². The van der Waals surface area contributed by atoms with E-state index >= 15 is 0 Å². The van der Waals surface area contributed by atoms with Gasteiger partial charge in [-0.1, -0.05) is 23.4 Å². The van der Waals surface area contributed by atoms with Crippen LogP contribution in [0, 0.1) is 0 Å². The van der Waals surface area contributed by atoms with Gasteiger partial charge in [-0.05, 0) is 67.8 Å². The molecule has 0 radical (unpaired) electrons. The van der Waals surface area contributed by atoms with Gasteiger partial charge in [-0.3, -0.25) is 4.79 Å². The average molecular weight is 359 g/mol. The smallest absolute Gasteiger partial charge is 0.251 e. The highest BCUT2D eigenvalue weighted by Gasteiger charge is 2.39. The predicted octanol–water partition coefficient (Wildman–Crippen LogP) is 4.11. The molecule has 4 rings (SSSR count). The molecule has 2 N–H and O–H groups in total. The van der Waals surface area contributed by atoms with Crippen molar-refractivity contribution in [2.45, 2.75) is 47.2 Å². The summed E-state index contributed by atoms with van der Waals surface area (Å²) in [5.74, 6) is 0.0254. The Kier molecular flexibility index (Phi) is 4.53. The molecule has 0 aliphatic carbocycles. The van der Waals surface area contributed by atoms with E-state index in [1.54, 1.807) is 11.8 Å². The molecule has 2 aromatic rings. The lowest BCUT2D eigenvalue weighted by atomic mass is 9.95. The number of hydrogen-bond donors (Lipinski definition) is 2. The first-order chi connectivity index (χ1) is 11.7. The Balaban J connectivity index is 1.38. The molecule has 0 aromatic heterocycles. The van der Waals surface area contributed by atoms with Gasteiger partial charge in [0.1, 0.15) is 0 Å². The molecular formula is C19H19ClN2OS. The van der Waals surface area contributed by atoms with Crippen LogP contribution in [0.5, 0.6) is 0 Å². The van der Waals surface area contributed by atoms with Crippen molar-refractivity contribution in [1.82, 2.24) is 10.6 Å². The lowest BCUT2D eigenvalue weighted by Crippen LogP contribution is -2.42. The van der Waals surface area contributed by atoms with E-state index in [1.165, 1.54) is 12.8 Å². The molecule has 1 amide bonds. The van der Waals surface area contributed by atoms with Crippen LogP contribution in [0.25, 0.3) is 0 Å². The van der Waals surface area contributed by atoms with Gasteiger partial charge in [-0.2, -0.15) is 0 Å². The molecule has 0 spiro atoms. The molecule has 24 heavy (non-hydrogen) atoms. The fraction of sp³-hybridized carbons (Fsp3) is 0.316. The number of rotatable bonds is 4. The third-order valence-corrected chi connectivity index (χ3v) is 6.05. The van der Waals surface area contributed by atoms with Crippen LogP contribution in [-0.4, -0.2) is 24.0 Å². The Hall–Kier alpha value is -1.49. The molecule has 2 bridgehead atoms. The van der Waals surface area contributed by atoms with Crippen molar-refractivity contribution in [2.24, 2.45) is 0 Å². The van der Waals surface area contributed by atoms with E-state index in [0.29, 0.717) is 12.1 Å². The van der Waals surface area contributed by atoms with Crippen LogP contribution in [0.15, 0.2) is 58.3 Å². The lowest BCUT2D eigenvalue weighted by molar-refractivity contribution is 0.0931. The Morgan fingerprint density at radius 3 is 2.29 bits per heavy atom. The standard InChI is InChI=1S/C19H19ClN2OS/c20-13-3-8-16(9-4-13)24-15-6-1-12(2-7-15)19(23)22-18-11-14-5-10-17(18)21-14/h1-4,6-9,14,17-18,21H,5,10-11H2,(H,22,23). The number of halogens is 1. The molecule has 2 aliphatic rings.